The lowest BCUT2D eigenvalue weighted by molar-refractivity contribution is 0.545. The maximum atomic E-state index is 4.78. The first kappa shape index (κ1) is 17.9. The van der Waals surface area contributed by atoms with Crippen LogP contribution in [0.2, 0.25) is 0 Å². The number of hydrogen-bond acceptors (Lipinski definition) is 4. The van der Waals surface area contributed by atoms with Gasteiger partial charge in [-0.1, -0.05) is 41.0 Å². The summed E-state index contributed by atoms with van der Waals surface area (Å²) in [6.45, 7) is 13.8. The highest BCUT2D eigenvalue weighted by atomic mass is 15.1. The molecule has 21 heavy (non-hydrogen) atoms. The van der Waals surface area contributed by atoms with E-state index >= 15 is 0 Å². The van der Waals surface area contributed by atoms with Crippen LogP contribution in [0.15, 0.2) is 6.20 Å². The van der Waals surface area contributed by atoms with Crippen molar-refractivity contribution < 1.29 is 0 Å². The Hall–Kier alpha value is -1.16. The zero-order valence-corrected chi connectivity index (χ0v) is 14.6. The highest BCUT2D eigenvalue weighted by Crippen LogP contribution is 2.20. The van der Waals surface area contributed by atoms with Gasteiger partial charge in [0.2, 0.25) is 0 Å². The monoisotopic (exact) mass is 292 g/mol. The van der Waals surface area contributed by atoms with Gasteiger partial charge in [-0.25, -0.2) is 9.97 Å². The minimum atomic E-state index is 0.365. The molecular formula is C17H32N4. The van der Waals surface area contributed by atoms with Gasteiger partial charge >= 0.3 is 0 Å². The van der Waals surface area contributed by atoms with E-state index in [0.717, 1.165) is 36.8 Å². The average Bonchev–Trinajstić information content (AvgIpc) is 2.44. The number of unbranched alkanes of at least 4 members (excludes halogenated alkanes) is 1. The lowest BCUT2D eigenvalue weighted by Gasteiger charge is -2.22. The largest absolute Gasteiger partial charge is 0.372 e. The van der Waals surface area contributed by atoms with Crippen LogP contribution in [0.25, 0.3) is 0 Å². The lowest BCUT2D eigenvalue weighted by atomic mass is 10.2. The van der Waals surface area contributed by atoms with Gasteiger partial charge in [0.25, 0.3) is 0 Å². The van der Waals surface area contributed by atoms with Crippen LogP contribution in [0.1, 0.15) is 64.9 Å². The van der Waals surface area contributed by atoms with E-state index in [0.29, 0.717) is 11.8 Å². The minimum Gasteiger partial charge on any atom is -0.372 e. The SMILES string of the molecule is CCCCN(C)c1cnc(C(C)C)nc1CNCC(C)C. The lowest BCUT2D eigenvalue weighted by Crippen LogP contribution is -2.25. The van der Waals surface area contributed by atoms with Gasteiger partial charge in [-0.3, -0.25) is 0 Å². The van der Waals surface area contributed by atoms with Gasteiger partial charge < -0.3 is 10.2 Å². The van der Waals surface area contributed by atoms with Gasteiger partial charge in [0.1, 0.15) is 5.82 Å². The molecule has 0 saturated heterocycles. The Bertz CT molecular complexity index is 415. The van der Waals surface area contributed by atoms with Crippen molar-refractivity contribution in [2.45, 2.75) is 59.9 Å². The van der Waals surface area contributed by atoms with Gasteiger partial charge in [-0.05, 0) is 18.9 Å². The first-order chi connectivity index (χ1) is 9.95. The number of nitrogens with zero attached hydrogens (tertiary/aromatic N) is 3. The highest BCUT2D eigenvalue weighted by molar-refractivity contribution is 5.48. The zero-order chi connectivity index (χ0) is 15.8. The van der Waals surface area contributed by atoms with E-state index < -0.39 is 0 Å². The van der Waals surface area contributed by atoms with Crippen LogP contribution in [0.3, 0.4) is 0 Å². The molecule has 0 bridgehead atoms. The molecule has 1 heterocycles. The fourth-order valence-corrected chi connectivity index (χ4v) is 2.15. The molecule has 0 aromatic carbocycles. The van der Waals surface area contributed by atoms with Crippen molar-refractivity contribution >= 4 is 5.69 Å². The second kappa shape index (κ2) is 8.98. The molecule has 1 N–H and O–H groups in total. The van der Waals surface area contributed by atoms with Gasteiger partial charge in [-0.15, -0.1) is 0 Å². The summed E-state index contributed by atoms with van der Waals surface area (Å²) in [5, 5.41) is 3.50. The third kappa shape index (κ3) is 6.00. The van der Waals surface area contributed by atoms with Crippen LogP contribution in [-0.2, 0) is 6.54 Å². The Morgan fingerprint density at radius 1 is 1.24 bits per heavy atom. The maximum Gasteiger partial charge on any atom is 0.131 e. The molecule has 0 amide bonds. The summed E-state index contributed by atoms with van der Waals surface area (Å²) in [6.07, 6.45) is 4.39. The Morgan fingerprint density at radius 2 is 1.95 bits per heavy atom. The number of rotatable bonds is 9. The topological polar surface area (TPSA) is 41.1 Å². The van der Waals surface area contributed by atoms with Crippen LogP contribution in [0.4, 0.5) is 5.69 Å². The van der Waals surface area contributed by atoms with Crippen LogP contribution in [0, 0.1) is 5.92 Å². The summed E-state index contributed by atoms with van der Waals surface area (Å²) < 4.78 is 0. The van der Waals surface area contributed by atoms with Gasteiger partial charge in [0, 0.05) is 26.1 Å². The third-order valence-electron chi connectivity index (χ3n) is 3.48. The zero-order valence-electron chi connectivity index (χ0n) is 14.6. The molecule has 0 fully saturated rings. The molecule has 0 unspecified atom stereocenters. The van der Waals surface area contributed by atoms with E-state index in [9.17, 15) is 0 Å². The quantitative estimate of drug-likeness (QED) is 0.755. The third-order valence-corrected chi connectivity index (χ3v) is 3.48. The molecule has 0 spiro atoms. The summed E-state index contributed by atoms with van der Waals surface area (Å²) in [5.41, 5.74) is 2.28. The van der Waals surface area contributed by atoms with E-state index in [1.165, 1.54) is 12.8 Å². The summed E-state index contributed by atoms with van der Waals surface area (Å²) in [5.74, 6) is 1.95. The Morgan fingerprint density at radius 3 is 2.52 bits per heavy atom. The number of aromatic nitrogens is 2. The predicted octanol–water partition coefficient (Wildman–Crippen LogP) is 3.58. The van der Waals surface area contributed by atoms with E-state index in [4.69, 9.17) is 4.98 Å². The van der Waals surface area contributed by atoms with Crippen LogP contribution in [-0.4, -0.2) is 30.1 Å². The Balaban J connectivity index is 2.88. The first-order valence-electron chi connectivity index (χ1n) is 8.23. The van der Waals surface area contributed by atoms with Gasteiger partial charge in [0.15, 0.2) is 0 Å². The van der Waals surface area contributed by atoms with Crippen molar-refractivity contribution in [2.75, 3.05) is 25.0 Å². The van der Waals surface area contributed by atoms with Crippen molar-refractivity contribution in [1.29, 1.82) is 0 Å². The van der Waals surface area contributed by atoms with E-state index in [2.05, 4.69) is 56.9 Å². The summed E-state index contributed by atoms with van der Waals surface area (Å²) in [7, 11) is 2.13. The molecule has 0 saturated carbocycles. The van der Waals surface area contributed by atoms with Crippen molar-refractivity contribution in [1.82, 2.24) is 15.3 Å². The first-order valence-corrected chi connectivity index (χ1v) is 8.23. The molecule has 4 nitrogen and oxygen atoms in total. The van der Waals surface area contributed by atoms with E-state index in [-0.39, 0.29) is 0 Å². The van der Waals surface area contributed by atoms with Crippen LogP contribution in [0.5, 0.6) is 0 Å². The Labute approximate surface area is 130 Å². The highest BCUT2D eigenvalue weighted by Gasteiger charge is 2.12. The molecule has 4 heteroatoms. The molecule has 1 aromatic heterocycles. The van der Waals surface area contributed by atoms with Crippen molar-refractivity contribution in [2.24, 2.45) is 5.92 Å². The number of anilines is 1. The average molecular weight is 292 g/mol. The predicted molar refractivity (Wildman–Crippen MR) is 90.8 cm³/mol. The second-order valence-electron chi connectivity index (χ2n) is 6.51. The van der Waals surface area contributed by atoms with Crippen LogP contribution >= 0.6 is 0 Å². The number of hydrogen-bond donors (Lipinski definition) is 1. The fourth-order valence-electron chi connectivity index (χ4n) is 2.15. The summed E-state index contributed by atoms with van der Waals surface area (Å²) in [6, 6.07) is 0. The molecule has 0 radical (unpaired) electrons. The van der Waals surface area contributed by atoms with Crippen molar-refractivity contribution in [3.8, 4) is 0 Å². The molecule has 1 rings (SSSR count). The van der Waals surface area contributed by atoms with Crippen molar-refractivity contribution in [3.63, 3.8) is 0 Å². The van der Waals surface area contributed by atoms with E-state index in [1.807, 2.05) is 6.20 Å². The molecule has 1 aromatic rings. The number of nitrogens with one attached hydrogen (secondary N) is 1. The molecule has 120 valence electrons. The van der Waals surface area contributed by atoms with Crippen LogP contribution < -0.4 is 10.2 Å². The molecule has 0 aliphatic heterocycles. The molecular weight excluding hydrogens is 260 g/mol. The second-order valence-corrected chi connectivity index (χ2v) is 6.51. The molecule has 0 aliphatic rings. The fraction of sp³-hybridized carbons (Fsp3) is 0.765. The smallest absolute Gasteiger partial charge is 0.131 e. The van der Waals surface area contributed by atoms with Gasteiger partial charge in [0.05, 0.1) is 17.6 Å². The standard InChI is InChI=1S/C17H32N4/c1-7-8-9-21(6)16-12-19-17(14(4)5)20-15(16)11-18-10-13(2)3/h12-14,18H,7-11H2,1-6H3. The van der Waals surface area contributed by atoms with E-state index in [1.54, 1.807) is 0 Å². The Kier molecular flexibility index (Phi) is 7.65. The molecule has 0 aliphatic carbocycles. The maximum absolute atomic E-state index is 4.78. The van der Waals surface area contributed by atoms with Gasteiger partial charge in [-0.2, -0.15) is 0 Å². The van der Waals surface area contributed by atoms with Crippen molar-refractivity contribution in [3.05, 3.63) is 17.7 Å². The minimum absolute atomic E-state index is 0.365. The normalized spacial score (nSPS) is 11.4. The summed E-state index contributed by atoms with van der Waals surface area (Å²) in [4.78, 5) is 11.6. The summed E-state index contributed by atoms with van der Waals surface area (Å²) >= 11 is 0. The molecule has 0 atom stereocenters.